The minimum absolute atomic E-state index is 0.256. The summed E-state index contributed by atoms with van der Waals surface area (Å²) in [4.78, 5) is 23.8. The lowest BCUT2D eigenvalue weighted by atomic mass is 10.2. The van der Waals surface area contributed by atoms with Crippen molar-refractivity contribution >= 4 is 12.1 Å². The Bertz CT molecular complexity index is 469. The number of carbonyl (C=O) groups excluding carboxylic acids is 2. The van der Waals surface area contributed by atoms with Crippen LogP contribution in [0, 0.1) is 0 Å². The zero-order valence-electron chi connectivity index (χ0n) is 13.0. The summed E-state index contributed by atoms with van der Waals surface area (Å²) in [7, 11) is 0. The van der Waals surface area contributed by atoms with Crippen molar-refractivity contribution in [1.29, 1.82) is 0 Å². The first-order valence-corrected chi connectivity index (χ1v) is 6.90. The maximum atomic E-state index is 12.0. The van der Waals surface area contributed by atoms with E-state index in [2.05, 4.69) is 10.7 Å². The van der Waals surface area contributed by atoms with Crippen LogP contribution in [0.15, 0.2) is 30.3 Å². The number of hydrogen-bond donors (Lipinski definition) is 2. The normalized spacial score (nSPS) is 10.7. The SMILES string of the molecule is CCNC(=O)N(Cc1ccccc1)NC(=O)OC(C)(C)C. The van der Waals surface area contributed by atoms with Gasteiger partial charge in [-0.2, -0.15) is 0 Å². The summed E-state index contributed by atoms with van der Waals surface area (Å²) >= 11 is 0. The average Bonchev–Trinajstić information content (AvgIpc) is 2.37. The van der Waals surface area contributed by atoms with Crippen molar-refractivity contribution in [1.82, 2.24) is 15.8 Å². The molecule has 0 radical (unpaired) electrons. The third kappa shape index (κ3) is 6.65. The minimum atomic E-state index is -0.662. The number of carbonyl (C=O) groups is 2. The zero-order chi connectivity index (χ0) is 15.9. The van der Waals surface area contributed by atoms with E-state index in [9.17, 15) is 9.59 Å². The molecule has 0 bridgehead atoms. The van der Waals surface area contributed by atoms with Gasteiger partial charge >= 0.3 is 12.1 Å². The highest BCUT2D eigenvalue weighted by Crippen LogP contribution is 2.08. The van der Waals surface area contributed by atoms with Gasteiger partial charge in [0.2, 0.25) is 0 Å². The van der Waals surface area contributed by atoms with Crippen molar-refractivity contribution in [2.45, 2.75) is 39.8 Å². The highest BCUT2D eigenvalue weighted by molar-refractivity contribution is 5.77. The van der Waals surface area contributed by atoms with Crippen molar-refractivity contribution in [3.05, 3.63) is 35.9 Å². The Kier molecular flexibility index (Phi) is 6.02. The quantitative estimate of drug-likeness (QED) is 0.842. The second-order valence-electron chi connectivity index (χ2n) is 5.52. The van der Waals surface area contributed by atoms with Crippen LogP contribution in [0.25, 0.3) is 0 Å². The van der Waals surface area contributed by atoms with E-state index >= 15 is 0 Å². The van der Waals surface area contributed by atoms with Gasteiger partial charge in [-0.15, -0.1) is 0 Å². The van der Waals surface area contributed by atoms with Crippen molar-refractivity contribution in [3.63, 3.8) is 0 Å². The van der Waals surface area contributed by atoms with Gasteiger partial charge in [0.25, 0.3) is 0 Å². The second kappa shape index (κ2) is 7.52. The van der Waals surface area contributed by atoms with E-state index in [0.29, 0.717) is 6.54 Å². The number of benzene rings is 1. The van der Waals surface area contributed by atoms with E-state index in [0.717, 1.165) is 5.56 Å². The average molecular weight is 293 g/mol. The van der Waals surface area contributed by atoms with Crippen molar-refractivity contribution in [2.75, 3.05) is 6.54 Å². The summed E-state index contributed by atoms with van der Waals surface area (Å²) in [5.74, 6) is 0. The Hall–Kier alpha value is -2.24. The molecule has 0 heterocycles. The first-order chi connectivity index (χ1) is 9.81. The lowest BCUT2D eigenvalue weighted by Crippen LogP contribution is -2.51. The number of urea groups is 1. The lowest BCUT2D eigenvalue weighted by molar-refractivity contribution is 0.0369. The summed E-state index contributed by atoms with van der Waals surface area (Å²) in [5.41, 5.74) is 2.75. The largest absolute Gasteiger partial charge is 0.443 e. The van der Waals surface area contributed by atoms with Crippen molar-refractivity contribution < 1.29 is 14.3 Å². The molecule has 0 aliphatic carbocycles. The molecule has 0 atom stereocenters. The molecule has 0 fully saturated rings. The molecule has 1 aromatic rings. The van der Waals surface area contributed by atoms with Gasteiger partial charge in [0.1, 0.15) is 5.60 Å². The van der Waals surface area contributed by atoms with Crippen LogP contribution in [0.5, 0.6) is 0 Å². The molecule has 3 amide bonds. The number of ether oxygens (including phenoxy) is 1. The van der Waals surface area contributed by atoms with E-state index in [1.54, 1.807) is 20.8 Å². The van der Waals surface area contributed by atoms with Crippen molar-refractivity contribution in [3.8, 4) is 0 Å². The first kappa shape index (κ1) is 16.8. The number of hydrazine groups is 1. The number of amides is 3. The van der Waals surface area contributed by atoms with Crippen LogP contribution >= 0.6 is 0 Å². The zero-order valence-corrected chi connectivity index (χ0v) is 13.0. The lowest BCUT2D eigenvalue weighted by Gasteiger charge is -2.26. The Morgan fingerprint density at radius 1 is 1.19 bits per heavy atom. The number of nitrogens with one attached hydrogen (secondary N) is 2. The molecule has 0 spiro atoms. The van der Waals surface area contributed by atoms with Gasteiger partial charge in [0, 0.05) is 6.54 Å². The fourth-order valence-corrected chi connectivity index (χ4v) is 1.59. The highest BCUT2D eigenvalue weighted by Gasteiger charge is 2.21. The van der Waals surface area contributed by atoms with E-state index in [4.69, 9.17) is 4.74 Å². The van der Waals surface area contributed by atoms with Gasteiger partial charge in [-0.05, 0) is 33.3 Å². The molecule has 21 heavy (non-hydrogen) atoms. The maximum Gasteiger partial charge on any atom is 0.426 e. The Labute approximate surface area is 125 Å². The van der Waals surface area contributed by atoms with E-state index in [1.165, 1.54) is 5.01 Å². The van der Waals surface area contributed by atoms with Gasteiger partial charge in [0.15, 0.2) is 0 Å². The van der Waals surface area contributed by atoms with Crippen molar-refractivity contribution in [2.24, 2.45) is 0 Å². The smallest absolute Gasteiger partial charge is 0.426 e. The molecule has 0 saturated carbocycles. The molecule has 2 N–H and O–H groups in total. The van der Waals surface area contributed by atoms with Crippen LogP contribution in [0.1, 0.15) is 33.3 Å². The van der Waals surface area contributed by atoms with Gasteiger partial charge < -0.3 is 10.1 Å². The molecule has 0 aromatic heterocycles. The molecule has 0 aliphatic rings. The molecule has 0 unspecified atom stereocenters. The van der Waals surface area contributed by atoms with E-state index in [-0.39, 0.29) is 12.6 Å². The molecule has 0 aliphatic heterocycles. The first-order valence-electron chi connectivity index (χ1n) is 6.90. The number of rotatable bonds is 3. The summed E-state index contributed by atoms with van der Waals surface area (Å²) in [6.45, 7) is 7.83. The molecule has 6 nitrogen and oxygen atoms in total. The van der Waals surface area contributed by atoms with Gasteiger partial charge in [-0.25, -0.2) is 20.0 Å². The van der Waals surface area contributed by atoms with Gasteiger partial charge in [0.05, 0.1) is 6.54 Å². The standard InChI is InChI=1S/C15H23N3O3/c1-5-16-13(19)18(11-12-9-7-6-8-10-12)17-14(20)21-15(2,3)4/h6-10H,5,11H2,1-4H3,(H,16,19)(H,17,20). The third-order valence-corrected chi connectivity index (χ3v) is 2.38. The highest BCUT2D eigenvalue weighted by atomic mass is 16.6. The maximum absolute atomic E-state index is 12.0. The molecule has 6 heteroatoms. The number of nitrogens with zero attached hydrogens (tertiary/aromatic N) is 1. The molecular formula is C15H23N3O3. The van der Waals surface area contributed by atoms with Crippen LogP contribution in [-0.2, 0) is 11.3 Å². The van der Waals surface area contributed by atoms with Gasteiger partial charge in [-0.3, -0.25) is 0 Å². The second-order valence-corrected chi connectivity index (χ2v) is 5.52. The summed E-state index contributed by atoms with van der Waals surface area (Å²) in [6.07, 6.45) is -0.662. The van der Waals surface area contributed by atoms with Crippen LogP contribution in [-0.4, -0.2) is 29.3 Å². The molecule has 1 rings (SSSR count). The third-order valence-electron chi connectivity index (χ3n) is 2.38. The summed E-state index contributed by atoms with van der Waals surface area (Å²) in [6, 6.07) is 9.01. The van der Waals surface area contributed by atoms with E-state index in [1.807, 2.05) is 37.3 Å². The molecular weight excluding hydrogens is 270 g/mol. The fourth-order valence-electron chi connectivity index (χ4n) is 1.59. The predicted octanol–water partition coefficient (Wildman–Crippen LogP) is 2.66. The Morgan fingerprint density at radius 2 is 1.81 bits per heavy atom. The van der Waals surface area contributed by atoms with Crippen LogP contribution in [0.2, 0.25) is 0 Å². The Balaban J connectivity index is 2.73. The molecule has 1 aromatic carbocycles. The minimum Gasteiger partial charge on any atom is -0.443 e. The van der Waals surface area contributed by atoms with Crippen LogP contribution in [0.4, 0.5) is 9.59 Å². The van der Waals surface area contributed by atoms with E-state index < -0.39 is 11.7 Å². The molecule has 116 valence electrons. The monoisotopic (exact) mass is 293 g/mol. The fraction of sp³-hybridized carbons (Fsp3) is 0.467. The Morgan fingerprint density at radius 3 is 2.33 bits per heavy atom. The summed E-state index contributed by atoms with van der Waals surface area (Å²) in [5, 5.41) is 3.85. The summed E-state index contributed by atoms with van der Waals surface area (Å²) < 4.78 is 5.16. The predicted molar refractivity (Wildman–Crippen MR) is 80.4 cm³/mol. The van der Waals surface area contributed by atoms with Crippen LogP contribution in [0.3, 0.4) is 0 Å². The van der Waals surface area contributed by atoms with Crippen LogP contribution < -0.4 is 10.7 Å². The number of hydrogen-bond acceptors (Lipinski definition) is 3. The topological polar surface area (TPSA) is 70.7 Å². The molecule has 0 saturated heterocycles. The van der Waals surface area contributed by atoms with Gasteiger partial charge in [-0.1, -0.05) is 30.3 Å².